The van der Waals surface area contributed by atoms with Crippen molar-refractivity contribution in [3.63, 3.8) is 0 Å². The highest BCUT2D eigenvalue weighted by atomic mass is 16.5. The Bertz CT molecular complexity index is 1180. The number of hydrogen-bond donors (Lipinski definition) is 1. The molecule has 2 aliphatic heterocycles. The number of piperazine rings is 1. The van der Waals surface area contributed by atoms with Crippen LogP contribution >= 0.6 is 0 Å². The number of morpholine rings is 1. The molecule has 1 N–H and O–H groups in total. The minimum Gasteiger partial charge on any atom is -0.497 e. The molecule has 3 aromatic rings. The van der Waals surface area contributed by atoms with Crippen molar-refractivity contribution in [2.75, 3.05) is 62.8 Å². The van der Waals surface area contributed by atoms with E-state index in [1.165, 1.54) is 16.8 Å². The Kier molecular flexibility index (Phi) is 7.69. The van der Waals surface area contributed by atoms with Gasteiger partial charge in [-0.05, 0) is 53.6 Å². The minimum absolute atomic E-state index is 0.0944. The van der Waals surface area contributed by atoms with Crippen LogP contribution in [0.1, 0.15) is 11.1 Å². The summed E-state index contributed by atoms with van der Waals surface area (Å²) in [4.78, 5) is 18.8. The quantitative estimate of drug-likeness (QED) is 0.523. The fourth-order valence-electron chi connectivity index (χ4n) is 4.87. The van der Waals surface area contributed by atoms with Crippen molar-refractivity contribution in [3.05, 3.63) is 83.9 Å². The van der Waals surface area contributed by atoms with E-state index in [1.807, 2.05) is 12.1 Å². The molecule has 2 saturated heterocycles. The van der Waals surface area contributed by atoms with Gasteiger partial charge in [-0.25, -0.2) is 0 Å². The molecule has 0 aromatic heterocycles. The zero-order valence-electron chi connectivity index (χ0n) is 20.9. The van der Waals surface area contributed by atoms with E-state index in [9.17, 15) is 4.79 Å². The number of amides is 1. The monoisotopic (exact) mass is 486 g/mol. The van der Waals surface area contributed by atoms with E-state index in [1.54, 1.807) is 7.11 Å². The molecule has 2 heterocycles. The summed E-state index contributed by atoms with van der Waals surface area (Å²) in [6.45, 7) is 6.79. The minimum atomic E-state index is 0.0944. The predicted molar refractivity (Wildman–Crippen MR) is 143 cm³/mol. The van der Waals surface area contributed by atoms with Crippen LogP contribution in [0.5, 0.6) is 5.75 Å². The summed E-state index contributed by atoms with van der Waals surface area (Å²) in [5.41, 5.74) is 5.83. The molecule has 0 atom stereocenters. The third-order valence-corrected chi connectivity index (χ3v) is 6.74. The Morgan fingerprint density at radius 2 is 1.67 bits per heavy atom. The second kappa shape index (κ2) is 11.5. The Balaban J connectivity index is 1.46. The van der Waals surface area contributed by atoms with Crippen LogP contribution in [-0.4, -0.2) is 63.9 Å². The predicted octanol–water partition coefficient (Wildman–Crippen LogP) is 3.80. The van der Waals surface area contributed by atoms with E-state index < -0.39 is 0 Å². The molecule has 1 amide bonds. The van der Waals surface area contributed by atoms with Crippen molar-refractivity contribution >= 4 is 23.0 Å². The summed E-state index contributed by atoms with van der Waals surface area (Å²) in [6, 6.07) is 25.7. The Hall–Kier alpha value is -3.55. The second-order valence-corrected chi connectivity index (χ2v) is 9.29. The molecule has 188 valence electrons. The molecule has 5 rings (SSSR count). The molecule has 2 aliphatic rings. The average molecular weight is 487 g/mol. The van der Waals surface area contributed by atoms with Gasteiger partial charge in [-0.15, -0.1) is 0 Å². The second-order valence-electron chi connectivity index (χ2n) is 9.29. The summed E-state index contributed by atoms with van der Waals surface area (Å²) in [7, 11) is 1.70. The van der Waals surface area contributed by atoms with Crippen LogP contribution in [0.2, 0.25) is 0 Å². The van der Waals surface area contributed by atoms with Crippen molar-refractivity contribution in [3.8, 4) is 5.75 Å². The largest absolute Gasteiger partial charge is 0.497 e. The highest BCUT2D eigenvalue weighted by Gasteiger charge is 2.18. The van der Waals surface area contributed by atoms with Crippen molar-refractivity contribution < 1.29 is 14.3 Å². The molecule has 0 spiro atoms. The number of nitrogens with one attached hydrogen (secondary N) is 1. The molecule has 36 heavy (non-hydrogen) atoms. The fourth-order valence-corrected chi connectivity index (χ4v) is 4.87. The number of anilines is 3. The fraction of sp³-hybridized carbons (Fsp3) is 0.345. The van der Waals surface area contributed by atoms with Gasteiger partial charge < -0.3 is 24.6 Å². The molecule has 2 fully saturated rings. The third kappa shape index (κ3) is 5.98. The first-order valence-electron chi connectivity index (χ1n) is 12.6. The summed E-state index contributed by atoms with van der Waals surface area (Å²) in [6.07, 6.45) is 0. The van der Waals surface area contributed by atoms with Crippen LogP contribution in [0, 0.1) is 0 Å². The number of benzene rings is 3. The highest BCUT2D eigenvalue weighted by molar-refractivity contribution is 5.78. The Morgan fingerprint density at radius 3 is 2.47 bits per heavy atom. The molecule has 0 radical (unpaired) electrons. The van der Waals surface area contributed by atoms with Crippen molar-refractivity contribution in [2.45, 2.75) is 13.1 Å². The first kappa shape index (κ1) is 24.2. The van der Waals surface area contributed by atoms with Crippen molar-refractivity contribution in [1.29, 1.82) is 0 Å². The van der Waals surface area contributed by atoms with E-state index in [0.29, 0.717) is 19.6 Å². The summed E-state index contributed by atoms with van der Waals surface area (Å²) in [5, 5.41) is 2.91. The van der Waals surface area contributed by atoms with E-state index in [2.05, 4.69) is 80.7 Å². The van der Waals surface area contributed by atoms with Gasteiger partial charge in [0.05, 0.1) is 26.9 Å². The van der Waals surface area contributed by atoms with Gasteiger partial charge in [0.2, 0.25) is 5.91 Å². The standard InChI is InChI=1S/C29H34N4O3/c1-35-28-10-3-6-24(18-28)21-33(27-9-4-7-25(19-27)32-13-15-36-16-14-32)26-8-2-5-23(17-26)20-31-12-11-30-29(34)22-31/h2-10,17-19H,11-16,20-22H2,1H3,(H,30,34). The smallest absolute Gasteiger partial charge is 0.234 e. The van der Waals surface area contributed by atoms with E-state index >= 15 is 0 Å². The van der Waals surface area contributed by atoms with Crippen molar-refractivity contribution in [2.24, 2.45) is 0 Å². The van der Waals surface area contributed by atoms with Crippen LogP contribution in [0.3, 0.4) is 0 Å². The van der Waals surface area contributed by atoms with E-state index in [0.717, 1.165) is 56.5 Å². The van der Waals surface area contributed by atoms with E-state index in [-0.39, 0.29) is 5.91 Å². The topological polar surface area (TPSA) is 57.3 Å². The van der Waals surface area contributed by atoms with Gasteiger partial charge in [0.15, 0.2) is 0 Å². The molecule has 3 aromatic carbocycles. The number of rotatable bonds is 8. The molecule has 7 nitrogen and oxygen atoms in total. The maximum Gasteiger partial charge on any atom is 0.234 e. The van der Waals surface area contributed by atoms with Gasteiger partial charge in [-0.1, -0.05) is 30.3 Å². The number of carbonyl (C=O) groups is 1. The molecular formula is C29H34N4O3. The number of nitrogens with zero attached hydrogens (tertiary/aromatic N) is 3. The molecule has 0 aliphatic carbocycles. The Labute approximate surface area is 213 Å². The SMILES string of the molecule is COc1cccc(CN(c2cccc(CN3CCNC(=O)C3)c2)c2cccc(N3CCOCC3)c2)c1. The highest BCUT2D eigenvalue weighted by Crippen LogP contribution is 2.32. The molecular weight excluding hydrogens is 452 g/mol. The van der Waals surface area contributed by atoms with Crippen LogP contribution in [0.25, 0.3) is 0 Å². The zero-order valence-corrected chi connectivity index (χ0v) is 20.9. The van der Waals surface area contributed by atoms with Crippen LogP contribution in [-0.2, 0) is 22.6 Å². The number of ether oxygens (including phenoxy) is 2. The summed E-state index contributed by atoms with van der Waals surface area (Å²) < 4.78 is 11.0. The molecule has 0 unspecified atom stereocenters. The first-order chi connectivity index (χ1) is 17.7. The maximum atomic E-state index is 11.9. The summed E-state index contributed by atoms with van der Waals surface area (Å²) in [5.74, 6) is 0.948. The lowest BCUT2D eigenvalue weighted by Gasteiger charge is -2.31. The van der Waals surface area contributed by atoms with Gasteiger partial charge in [-0.3, -0.25) is 9.69 Å². The lowest BCUT2D eigenvalue weighted by molar-refractivity contribution is -0.124. The third-order valence-electron chi connectivity index (χ3n) is 6.74. The molecule has 0 bridgehead atoms. The molecule has 0 saturated carbocycles. The van der Waals surface area contributed by atoms with Crippen LogP contribution in [0.15, 0.2) is 72.8 Å². The van der Waals surface area contributed by atoms with Crippen molar-refractivity contribution in [1.82, 2.24) is 10.2 Å². The average Bonchev–Trinajstić information content (AvgIpc) is 2.92. The van der Waals surface area contributed by atoms with Gasteiger partial charge in [0.1, 0.15) is 5.75 Å². The lowest BCUT2D eigenvalue weighted by Crippen LogP contribution is -2.47. The lowest BCUT2D eigenvalue weighted by atomic mass is 10.1. The number of methoxy groups -OCH3 is 1. The first-order valence-corrected chi connectivity index (χ1v) is 12.6. The molecule has 7 heteroatoms. The summed E-state index contributed by atoms with van der Waals surface area (Å²) >= 11 is 0. The van der Waals surface area contributed by atoms with E-state index in [4.69, 9.17) is 9.47 Å². The number of hydrogen-bond acceptors (Lipinski definition) is 6. The van der Waals surface area contributed by atoms with Gasteiger partial charge in [0, 0.05) is 56.3 Å². The van der Waals surface area contributed by atoms with Gasteiger partial charge in [0.25, 0.3) is 0 Å². The zero-order chi connectivity index (χ0) is 24.7. The normalized spacial score (nSPS) is 16.5. The maximum absolute atomic E-state index is 11.9. The van der Waals surface area contributed by atoms with Gasteiger partial charge in [-0.2, -0.15) is 0 Å². The Morgan fingerprint density at radius 1 is 0.917 bits per heavy atom. The van der Waals surface area contributed by atoms with Crippen LogP contribution < -0.4 is 19.9 Å². The van der Waals surface area contributed by atoms with Gasteiger partial charge >= 0.3 is 0 Å². The van der Waals surface area contributed by atoms with Crippen LogP contribution in [0.4, 0.5) is 17.1 Å². The number of carbonyl (C=O) groups excluding carboxylic acids is 1.